The van der Waals surface area contributed by atoms with Gasteiger partial charge in [0.1, 0.15) is 0 Å². The normalized spacial score (nSPS) is 19.2. The van der Waals surface area contributed by atoms with Gasteiger partial charge in [-0.05, 0) is 12.8 Å². The van der Waals surface area contributed by atoms with Crippen molar-refractivity contribution in [3.63, 3.8) is 0 Å². The highest BCUT2D eigenvalue weighted by Gasteiger charge is 2.40. The summed E-state index contributed by atoms with van der Waals surface area (Å²) in [6.07, 6.45) is 20.8. The van der Waals surface area contributed by atoms with E-state index in [1.165, 1.54) is 89.9 Å². The zero-order valence-electron chi connectivity index (χ0n) is 17.0. The fourth-order valence-electron chi connectivity index (χ4n) is 3.77. The number of amides is 1. The quantitative estimate of drug-likeness (QED) is 0.286. The lowest BCUT2D eigenvalue weighted by molar-refractivity contribution is -0.128. The first-order chi connectivity index (χ1) is 12.1. The SMILES string of the molecule is CCCCCCCCCCCCCCCC(C)(CC)C1OC=NC1=O. The Bertz CT molecular complexity index is 380. The van der Waals surface area contributed by atoms with E-state index in [0.717, 1.165) is 12.8 Å². The summed E-state index contributed by atoms with van der Waals surface area (Å²) in [6.45, 7) is 6.60. The molecule has 2 unspecified atom stereocenters. The predicted octanol–water partition coefficient (Wildman–Crippen LogP) is 6.84. The lowest BCUT2D eigenvalue weighted by Gasteiger charge is -2.31. The second kappa shape index (κ2) is 13.4. The van der Waals surface area contributed by atoms with Crippen LogP contribution < -0.4 is 0 Å². The zero-order chi connectivity index (χ0) is 18.4. The maximum Gasteiger partial charge on any atom is 0.290 e. The van der Waals surface area contributed by atoms with Crippen molar-refractivity contribution >= 4 is 12.3 Å². The Morgan fingerprint density at radius 1 is 0.880 bits per heavy atom. The molecular formula is C22H41NO2. The number of carbonyl (C=O) groups is 1. The molecule has 1 rings (SSSR count). The van der Waals surface area contributed by atoms with Gasteiger partial charge in [0.15, 0.2) is 12.5 Å². The third-order valence-electron chi connectivity index (χ3n) is 5.89. The molecule has 0 radical (unpaired) electrons. The molecule has 1 aliphatic heterocycles. The molecule has 1 amide bonds. The summed E-state index contributed by atoms with van der Waals surface area (Å²) in [4.78, 5) is 15.6. The van der Waals surface area contributed by atoms with Crippen molar-refractivity contribution in [1.29, 1.82) is 0 Å². The second-order valence-electron chi connectivity index (χ2n) is 8.09. The van der Waals surface area contributed by atoms with Crippen molar-refractivity contribution in [3.05, 3.63) is 0 Å². The molecule has 3 heteroatoms. The Morgan fingerprint density at radius 3 is 1.76 bits per heavy atom. The minimum atomic E-state index is -0.352. The maximum atomic E-state index is 11.8. The number of carbonyl (C=O) groups excluding carboxylic acids is 1. The van der Waals surface area contributed by atoms with E-state index in [0.29, 0.717) is 0 Å². The van der Waals surface area contributed by atoms with Crippen LogP contribution >= 0.6 is 0 Å². The molecule has 0 spiro atoms. The highest BCUT2D eigenvalue weighted by Crippen LogP contribution is 2.36. The Labute approximate surface area is 156 Å². The van der Waals surface area contributed by atoms with Gasteiger partial charge in [0.05, 0.1) is 0 Å². The van der Waals surface area contributed by atoms with E-state index in [4.69, 9.17) is 4.74 Å². The molecule has 1 heterocycles. The second-order valence-corrected chi connectivity index (χ2v) is 8.09. The van der Waals surface area contributed by atoms with Crippen LogP contribution in [0.25, 0.3) is 0 Å². The molecule has 0 fully saturated rings. The number of ether oxygens (including phenoxy) is 1. The molecular weight excluding hydrogens is 310 g/mol. The lowest BCUT2D eigenvalue weighted by Crippen LogP contribution is -2.36. The van der Waals surface area contributed by atoms with E-state index < -0.39 is 0 Å². The van der Waals surface area contributed by atoms with Crippen molar-refractivity contribution in [2.75, 3.05) is 0 Å². The van der Waals surface area contributed by atoms with Crippen molar-refractivity contribution in [2.45, 2.75) is 123 Å². The standard InChI is InChI=1S/C22H41NO2/c1-4-6-7-8-9-10-11-12-13-14-15-16-17-18-22(3,5-2)20-21(24)23-19-25-20/h19-20H,4-18H2,1-3H3. The summed E-state index contributed by atoms with van der Waals surface area (Å²) < 4.78 is 5.44. The molecule has 0 saturated carbocycles. The topological polar surface area (TPSA) is 38.7 Å². The van der Waals surface area contributed by atoms with Gasteiger partial charge in [-0.3, -0.25) is 4.79 Å². The molecule has 3 nitrogen and oxygen atoms in total. The van der Waals surface area contributed by atoms with Gasteiger partial charge in [-0.2, -0.15) is 4.99 Å². The van der Waals surface area contributed by atoms with Crippen LogP contribution in [0.3, 0.4) is 0 Å². The first-order valence-electron chi connectivity index (χ1n) is 10.9. The number of hydrogen-bond acceptors (Lipinski definition) is 2. The molecule has 0 aromatic carbocycles. The first-order valence-corrected chi connectivity index (χ1v) is 10.9. The third-order valence-corrected chi connectivity index (χ3v) is 5.89. The summed E-state index contributed by atoms with van der Waals surface area (Å²) >= 11 is 0. The van der Waals surface area contributed by atoms with Gasteiger partial charge in [-0.15, -0.1) is 0 Å². The molecule has 2 atom stereocenters. The molecule has 0 saturated heterocycles. The average Bonchev–Trinajstić information content (AvgIpc) is 3.05. The summed E-state index contributed by atoms with van der Waals surface area (Å²) in [5.41, 5.74) is -0.0641. The van der Waals surface area contributed by atoms with Gasteiger partial charge < -0.3 is 4.74 Å². The molecule has 0 bridgehead atoms. The van der Waals surface area contributed by atoms with Crippen LogP contribution in [0.4, 0.5) is 0 Å². The first kappa shape index (κ1) is 22.2. The molecule has 0 aliphatic carbocycles. The van der Waals surface area contributed by atoms with Crippen LogP contribution in [0.15, 0.2) is 4.99 Å². The van der Waals surface area contributed by atoms with Gasteiger partial charge in [0.2, 0.25) is 0 Å². The van der Waals surface area contributed by atoms with Gasteiger partial charge >= 0.3 is 0 Å². The number of nitrogens with zero attached hydrogens (tertiary/aromatic N) is 1. The van der Waals surface area contributed by atoms with Crippen LogP contribution in [-0.4, -0.2) is 18.4 Å². The minimum Gasteiger partial charge on any atom is -0.469 e. The van der Waals surface area contributed by atoms with Crippen molar-refractivity contribution in [2.24, 2.45) is 10.4 Å². The number of unbranched alkanes of at least 4 members (excludes halogenated alkanes) is 12. The lowest BCUT2D eigenvalue weighted by atomic mass is 9.76. The Kier molecular flexibility index (Phi) is 11.9. The fourth-order valence-corrected chi connectivity index (χ4v) is 3.77. The van der Waals surface area contributed by atoms with E-state index in [-0.39, 0.29) is 17.4 Å². The minimum absolute atomic E-state index is 0.0641. The number of aliphatic imine (C=N–C) groups is 1. The number of rotatable bonds is 16. The van der Waals surface area contributed by atoms with E-state index >= 15 is 0 Å². The molecule has 146 valence electrons. The van der Waals surface area contributed by atoms with Gasteiger partial charge in [-0.25, -0.2) is 0 Å². The monoisotopic (exact) mass is 351 g/mol. The highest BCUT2D eigenvalue weighted by atomic mass is 16.5. The van der Waals surface area contributed by atoms with Crippen molar-refractivity contribution < 1.29 is 9.53 Å². The summed E-state index contributed by atoms with van der Waals surface area (Å²) in [5, 5.41) is 0. The summed E-state index contributed by atoms with van der Waals surface area (Å²) in [6, 6.07) is 0. The molecule has 0 aromatic rings. The van der Waals surface area contributed by atoms with E-state index in [1.807, 2.05) is 0 Å². The summed E-state index contributed by atoms with van der Waals surface area (Å²) in [7, 11) is 0. The Morgan fingerprint density at radius 2 is 1.36 bits per heavy atom. The molecule has 1 aliphatic rings. The van der Waals surface area contributed by atoms with E-state index in [2.05, 4.69) is 25.8 Å². The molecule has 0 aromatic heterocycles. The van der Waals surface area contributed by atoms with Crippen LogP contribution in [0.1, 0.15) is 117 Å². The largest absolute Gasteiger partial charge is 0.469 e. The van der Waals surface area contributed by atoms with Crippen LogP contribution in [0.5, 0.6) is 0 Å². The van der Waals surface area contributed by atoms with Crippen molar-refractivity contribution in [1.82, 2.24) is 0 Å². The maximum absolute atomic E-state index is 11.8. The van der Waals surface area contributed by atoms with Gasteiger partial charge in [0, 0.05) is 5.41 Å². The summed E-state index contributed by atoms with van der Waals surface area (Å²) in [5.74, 6) is -0.0981. The zero-order valence-corrected chi connectivity index (χ0v) is 17.0. The van der Waals surface area contributed by atoms with Crippen molar-refractivity contribution in [3.8, 4) is 0 Å². The van der Waals surface area contributed by atoms with Gasteiger partial charge in [-0.1, -0.05) is 104 Å². The predicted molar refractivity (Wildman–Crippen MR) is 107 cm³/mol. The Balaban J connectivity index is 1.95. The highest BCUT2D eigenvalue weighted by molar-refractivity contribution is 5.92. The van der Waals surface area contributed by atoms with E-state index in [1.54, 1.807) is 0 Å². The van der Waals surface area contributed by atoms with Crippen LogP contribution in [-0.2, 0) is 9.53 Å². The van der Waals surface area contributed by atoms with Crippen LogP contribution in [0.2, 0.25) is 0 Å². The van der Waals surface area contributed by atoms with Gasteiger partial charge in [0.25, 0.3) is 5.91 Å². The molecule has 25 heavy (non-hydrogen) atoms. The third kappa shape index (κ3) is 8.87. The van der Waals surface area contributed by atoms with E-state index in [9.17, 15) is 4.79 Å². The smallest absolute Gasteiger partial charge is 0.290 e. The fraction of sp³-hybridized carbons (Fsp3) is 0.909. The Hall–Kier alpha value is -0.860. The van der Waals surface area contributed by atoms with Crippen LogP contribution in [0, 0.1) is 5.41 Å². The molecule has 0 N–H and O–H groups in total. The average molecular weight is 352 g/mol. The number of hydrogen-bond donors (Lipinski definition) is 0.